The number of aromatic nitrogens is 2. The van der Waals surface area contributed by atoms with Crippen molar-refractivity contribution in [3.63, 3.8) is 0 Å². The van der Waals surface area contributed by atoms with Gasteiger partial charge in [0.1, 0.15) is 12.4 Å². The number of ether oxygens (including phenoxy) is 4. The van der Waals surface area contributed by atoms with E-state index in [1.165, 1.54) is 0 Å². The van der Waals surface area contributed by atoms with Gasteiger partial charge in [-0.3, -0.25) is 4.79 Å². The molecule has 2 heterocycles. The van der Waals surface area contributed by atoms with Crippen molar-refractivity contribution < 1.29 is 23.7 Å². The number of anilines is 1. The number of hydrogen-bond donors (Lipinski definition) is 1. The molecule has 3 aromatic carbocycles. The predicted molar refractivity (Wildman–Crippen MR) is 119 cm³/mol. The summed E-state index contributed by atoms with van der Waals surface area (Å²) in [6.45, 7) is 0.265. The van der Waals surface area contributed by atoms with Gasteiger partial charge in [0.15, 0.2) is 23.0 Å². The van der Waals surface area contributed by atoms with Gasteiger partial charge < -0.3 is 28.8 Å². The Morgan fingerprint density at radius 2 is 1.81 bits per heavy atom. The number of fused-ring (bicyclic) bond motifs is 2. The maximum atomic E-state index is 13.0. The lowest BCUT2D eigenvalue weighted by molar-refractivity contribution is -0.116. The van der Waals surface area contributed by atoms with E-state index < -0.39 is 0 Å². The summed E-state index contributed by atoms with van der Waals surface area (Å²) in [5.41, 5.74) is 3.11. The summed E-state index contributed by atoms with van der Waals surface area (Å²) in [6, 6.07) is 18.6. The number of benzene rings is 3. The minimum Gasteiger partial charge on any atom is -0.493 e. The number of nitrogens with zero attached hydrogens (tertiary/aromatic N) is 2. The van der Waals surface area contributed by atoms with Gasteiger partial charge in [-0.25, -0.2) is 4.98 Å². The van der Waals surface area contributed by atoms with Gasteiger partial charge in [-0.2, -0.15) is 0 Å². The first-order chi connectivity index (χ1) is 15.7. The maximum Gasteiger partial charge on any atom is 0.244 e. The van der Waals surface area contributed by atoms with Crippen LogP contribution < -0.4 is 24.3 Å². The molecule has 0 aliphatic carbocycles. The van der Waals surface area contributed by atoms with Gasteiger partial charge in [0.25, 0.3) is 0 Å². The lowest BCUT2D eigenvalue weighted by atomic mass is 10.2. The minimum atomic E-state index is -0.186. The molecule has 8 nitrogen and oxygen atoms in total. The zero-order valence-corrected chi connectivity index (χ0v) is 17.6. The molecule has 0 saturated carbocycles. The quantitative estimate of drug-likeness (QED) is 0.495. The number of hydrogen-bond acceptors (Lipinski definition) is 6. The predicted octanol–water partition coefficient (Wildman–Crippen LogP) is 4.09. The summed E-state index contributed by atoms with van der Waals surface area (Å²) >= 11 is 0. The zero-order valence-electron chi connectivity index (χ0n) is 17.6. The van der Waals surface area contributed by atoms with Crippen LogP contribution in [-0.4, -0.2) is 36.5 Å². The summed E-state index contributed by atoms with van der Waals surface area (Å²) in [4.78, 5) is 17.7. The third-order valence-electron chi connectivity index (χ3n) is 5.25. The highest BCUT2D eigenvalue weighted by atomic mass is 16.7. The van der Waals surface area contributed by atoms with Crippen LogP contribution in [-0.2, 0) is 11.3 Å². The molecular formula is C24H21N3O5. The van der Waals surface area contributed by atoms with Crippen LogP contribution in [0.4, 0.5) is 5.69 Å². The molecule has 1 amide bonds. The molecule has 0 unspecified atom stereocenters. The van der Waals surface area contributed by atoms with Crippen molar-refractivity contribution in [3.05, 3.63) is 60.7 Å². The van der Waals surface area contributed by atoms with E-state index in [1.807, 2.05) is 47.0 Å². The van der Waals surface area contributed by atoms with Gasteiger partial charge >= 0.3 is 0 Å². The molecular weight excluding hydrogens is 410 g/mol. The van der Waals surface area contributed by atoms with Gasteiger partial charge in [-0.05, 0) is 42.5 Å². The Morgan fingerprint density at radius 3 is 2.66 bits per heavy atom. The van der Waals surface area contributed by atoms with Crippen LogP contribution in [0.5, 0.6) is 23.0 Å². The normalized spacial score (nSPS) is 12.1. The second-order valence-electron chi connectivity index (χ2n) is 7.20. The first-order valence-electron chi connectivity index (χ1n) is 10.0. The van der Waals surface area contributed by atoms with Crippen LogP contribution in [0.1, 0.15) is 0 Å². The molecule has 0 saturated heterocycles. The van der Waals surface area contributed by atoms with Crippen LogP contribution in [0.15, 0.2) is 60.7 Å². The van der Waals surface area contributed by atoms with Crippen molar-refractivity contribution in [2.75, 3.05) is 26.3 Å². The Labute approximate surface area is 184 Å². The molecule has 1 aliphatic rings. The Morgan fingerprint density at radius 1 is 1.00 bits per heavy atom. The molecule has 8 heteroatoms. The highest BCUT2D eigenvalue weighted by Gasteiger charge is 2.18. The fourth-order valence-corrected chi connectivity index (χ4v) is 3.75. The van der Waals surface area contributed by atoms with Crippen molar-refractivity contribution in [3.8, 4) is 34.4 Å². The van der Waals surface area contributed by atoms with E-state index in [1.54, 1.807) is 32.4 Å². The average molecular weight is 431 g/mol. The SMILES string of the molecule is COc1ccc(-c2nc3ccccc3n2CC(=O)Nc2ccc3c(c2)OCO3)cc1OC. The van der Waals surface area contributed by atoms with Crippen LogP contribution in [0, 0.1) is 0 Å². The average Bonchev–Trinajstić information content (AvgIpc) is 3.43. The molecule has 0 bridgehead atoms. The Balaban J connectivity index is 1.49. The standard InChI is InChI=1S/C24H21N3O5/c1-29-19-9-7-15(11-21(19)30-2)24-26-17-5-3-4-6-18(17)27(24)13-23(28)25-16-8-10-20-22(12-16)32-14-31-20/h3-12H,13-14H2,1-2H3,(H,25,28). The summed E-state index contributed by atoms with van der Waals surface area (Å²) in [6.07, 6.45) is 0. The maximum absolute atomic E-state index is 13.0. The minimum absolute atomic E-state index is 0.0820. The fourth-order valence-electron chi connectivity index (χ4n) is 3.75. The number of para-hydroxylation sites is 2. The molecule has 32 heavy (non-hydrogen) atoms. The number of imidazole rings is 1. The summed E-state index contributed by atoms with van der Waals surface area (Å²) in [7, 11) is 3.18. The summed E-state index contributed by atoms with van der Waals surface area (Å²) < 4.78 is 23.4. The molecule has 0 atom stereocenters. The number of nitrogens with one attached hydrogen (secondary N) is 1. The second kappa shape index (κ2) is 8.14. The smallest absolute Gasteiger partial charge is 0.244 e. The van der Waals surface area contributed by atoms with E-state index in [0.29, 0.717) is 34.5 Å². The number of amides is 1. The van der Waals surface area contributed by atoms with Gasteiger partial charge in [0.2, 0.25) is 12.7 Å². The molecule has 0 radical (unpaired) electrons. The lowest BCUT2D eigenvalue weighted by Gasteiger charge is -2.12. The van der Waals surface area contributed by atoms with E-state index in [4.69, 9.17) is 23.9 Å². The molecule has 5 rings (SSSR count). The van der Waals surface area contributed by atoms with Gasteiger partial charge in [0, 0.05) is 17.3 Å². The van der Waals surface area contributed by atoms with Crippen molar-refractivity contribution in [2.24, 2.45) is 0 Å². The fraction of sp³-hybridized carbons (Fsp3) is 0.167. The van der Waals surface area contributed by atoms with E-state index in [0.717, 1.165) is 16.6 Å². The van der Waals surface area contributed by atoms with Crippen LogP contribution >= 0.6 is 0 Å². The van der Waals surface area contributed by atoms with Crippen LogP contribution in [0.3, 0.4) is 0 Å². The first-order valence-corrected chi connectivity index (χ1v) is 10.0. The monoisotopic (exact) mass is 431 g/mol. The van der Waals surface area contributed by atoms with Crippen LogP contribution in [0.25, 0.3) is 22.4 Å². The molecule has 1 N–H and O–H groups in total. The largest absolute Gasteiger partial charge is 0.493 e. The molecule has 0 spiro atoms. The first kappa shape index (κ1) is 19.7. The van der Waals surface area contributed by atoms with Crippen molar-refractivity contribution in [1.29, 1.82) is 0 Å². The molecule has 0 fully saturated rings. The van der Waals surface area contributed by atoms with E-state index in [9.17, 15) is 4.79 Å². The molecule has 4 aromatic rings. The van der Waals surface area contributed by atoms with Crippen molar-refractivity contribution in [2.45, 2.75) is 6.54 Å². The Bertz CT molecular complexity index is 1310. The summed E-state index contributed by atoms with van der Waals surface area (Å²) in [5.74, 6) is 2.97. The highest BCUT2D eigenvalue weighted by molar-refractivity contribution is 5.93. The van der Waals surface area contributed by atoms with E-state index in [2.05, 4.69) is 5.32 Å². The Hall–Kier alpha value is -4.20. The third-order valence-corrected chi connectivity index (χ3v) is 5.25. The third kappa shape index (κ3) is 3.56. The molecule has 1 aromatic heterocycles. The van der Waals surface area contributed by atoms with E-state index >= 15 is 0 Å². The zero-order chi connectivity index (χ0) is 22.1. The van der Waals surface area contributed by atoms with Crippen LogP contribution in [0.2, 0.25) is 0 Å². The number of rotatable bonds is 6. The second-order valence-corrected chi connectivity index (χ2v) is 7.20. The number of methoxy groups -OCH3 is 2. The van der Waals surface area contributed by atoms with Gasteiger partial charge in [-0.15, -0.1) is 0 Å². The Kier molecular flexibility index (Phi) is 5.03. The topological polar surface area (TPSA) is 83.8 Å². The lowest BCUT2D eigenvalue weighted by Crippen LogP contribution is -2.19. The summed E-state index contributed by atoms with van der Waals surface area (Å²) in [5, 5.41) is 2.93. The van der Waals surface area contributed by atoms with Gasteiger partial charge in [0.05, 0.1) is 25.3 Å². The van der Waals surface area contributed by atoms with Crippen molar-refractivity contribution in [1.82, 2.24) is 9.55 Å². The van der Waals surface area contributed by atoms with Gasteiger partial charge in [-0.1, -0.05) is 12.1 Å². The highest BCUT2D eigenvalue weighted by Crippen LogP contribution is 2.35. The molecule has 162 valence electrons. The molecule has 1 aliphatic heterocycles. The number of carbonyl (C=O) groups is 1. The van der Waals surface area contributed by atoms with Crippen molar-refractivity contribution >= 4 is 22.6 Å². The number of carbonyl (C=O) groups excluding carboxylic acids is 1. The van der Waals surface area contributed by atoms with E-state index in [-0.39, 0.29) is 19.2 Å².